The number of carbonyl (C=O) groups is 1. The normalized spacial score (nSPS) is 12.6. The van der Waals surface area contributed by atoms with Crippen LogP contribution in [0.1, 0.15) is 36.5 Å². The Kier molecular flexibility index (Phi) is 4.16. The van der Waals surface area contributed by atoms with Gasteiger partial charge in [-0.1, -0.05) is 26.0 Å². The van der Waals surface area contributed by atoms with Gasteiger partial charge in [0.15, 0.2) is 0 Å². The molecule has 1 unspecified atom stereocenters. The summed E-state index contributed by atoms with van der Waals surface area (Å²) in [4.78, 5) is 11.3. The van der Waals surface area contributed by atoms with Gasteiger partial charge in [-0.2, -0.15) is 0 Å². The number of hydrogen-bond donors (Lipinski definition) is 1. The van der Waals surface area contributed by atoms with Crippen LogP contribution < -0.4 is 4.74 Å². The summed E-state index contributed by atoms with van der Waals surface area (Å²) >= 11 is 0. The lowest BCUT2D eigenvalue weighted by atomic mass is 9.86. The lowest BCUT2D eigenvalue weighted by Crippen LogP contribution is -2.17. The van der Waals surface area contributed by atoms with Gasteiger partial charge in [0.25, 0.3) is 0 Å². The maximum absolute atomic E-state index is 11.3. The minimum Gasteiger partial charge on any atom is -0.496 e. The third-order valence-electron chi connectivity index (χ3n) is 2.98. The largest absolute Gasteiger partial charge is 0.496 e. The first-order valence-electron chi connectivity index (χ1n) is 5.76. The van der Waals surface area contributed by atoms with E-state index in [0.717, 1.165) is 22.4 Å². The topological polar surface area (TPSA) is 46.5 Å². The Morgan fingerprint density at radius 1 is 1.24 bits per heavy atom. The summed E-state index contributed by atoms with van der Waals surface area (Å²) in [6.07, 6.45) is 0. The number of aryl methyl sites for hydroxylation is 2. The monoisotopic (exact) mass is 236 g/mol. The summed E-state index contributed by atoms with van der Waals surface area (Å²) in [5, 5.41) is 9.27. The van der Waals surface area contributed by atoms with Crippen LogP contribution >= 0.6 is 0 Å². The maximum atomic E-state index is 11.3. The minimum absolute atomic E-state index is 0.0692. The Morgan fingerprint density at radius 3 is 2.00 bits per heavy atom. The third-order valence-corrected chi connectivity index (χ3v) is 2.98. The van der Waals surface area contributed by atoms with E-state index in [-0.39, 0.29) is 5.92 Å². The van der Waals surface area contributed by atoms with Crippen LogP contribution in [0.2, 0.25) is 0 Å². The molecule has 0 saturated carbocycles. The first kappa shape index (κ1) is 13.6. The molecule has 0 aromatic heterocycles. The molecule has 1 aromatic carbocycles. The van der Waals surface area contributed by atoms with Crippen molar-refractivity contribution in [2.45, 2.75) is 33.6 Å². The number of carboxylic acid groups (broad SMARTS) is 1. The first-order valence-corrected chi connectivity index (χ1v) is 5.76. The van der Waals surface area contributed by atoms with Crippen molar-refractivity contribution in [2.75, 3.05) is 7.11 Å². The SMILES string of the molecule is COc1c(C)cc(C(C(=O)O)C(C)C)cc1C. The second-order valence-electron chi connectivity index (χ2n) is 4.75. The highest BCUT2D eigenvalue weighted by Gasteiger charge is 2.24. The van der Waals surface area contributed by atoms with Gasteiger partial charge in [0.1, 0.15) is 5.75 Å². The molecular weight excluding hydrogens is 216 g/mol. The van der Waals surface area contributed by atoms with E-state index >= 15 is 0 Å². The van der Waals surface area contributed by atoms with E-state index < -0.39 is 11.9 Å². The van der Waals surface area contributed by atoms with E-state index in [4.69, 9.17) is 4.74 Å². The molecule has 94 valence electrons. The highest BCUT2D eigenvalue weighted by atomic mass is 16.5. The lowest BCUT2D eigenvalue weighted by Gasteiger charge is -2.19. The van der Waals surface area contributed by atoms with Gasteiger partial charge >= 0.3 is 5.97 Å². The van der Waals surface area contributed by atoms with E-state index in [2.05, 4.69) is 0 Å². The Balaban J connectivity index is 3.27. The summed E-state index contributed by atoms with van der Waals surface area (Å²) in [5.74, 6) is -0.330. The molecule has 0 aliphatic carbocycles. The average molecular weight is 236 g/mol. The van der Waals surface area contributed by atoms with Crippen molar-refractivity contribution in [3.05, 3.63) is 28.8 Å². The van der Waals surface area contributed by atoms with Crippen molar-refractivity contribution in [1.82, 2.24) is 0 Å². The Morgan fingerprint density at radius 2 is 1.71 bits per heavy atom. The molecule has 3 heteroatoms. The molecule has 1 N–H and O–H groups in total. The fourth-order valence-corrected chi connectivity index (χ4v) is 2.30. The average Bonchev–Trinajstić information content (AvgIpc) is 2.15. The zero-order valence-electron chi connectivity index (χ0n) is 11.1. The van der Waals surface area contributed by atoms with Crippen LogP contribution in [0.4, 0.5) is 0 Å². The van der Waals surface area contributed by atoms with Gasteiger partial charge in [0, 0.05) is 0 Å². The van der Waals surface area contributed by atoms with Gasteiger partial charge < -0.3 is 9.84 Å². The molecule has 1 rings (SSSR count). The lowest BCUT2D eigenvalue weighted by molar-refractivity contribution is -0.139. The summed E-state index contributed by atoms with van der Waals surface area (Å²) in [6.45, 7) is 7.73. The quantitative estimate of drug-likeness (QED) is 0.873. The summed E-state index contributed by atoms with van der Waals surface area (Å²) in [5.41, 5.74) is 2.81. The zero-order chi connectivity index (χ0) is 13.2. The molecule has 0 bridgehead atoms. The van der Waals surface area contributed by atoms with Crippen molar-refractivity contribution in [3.63, 3.8) is 0 Å². The van der Waals surface area contributed by atoms with Crippen LogP contribution in [-0.4, -0.2) is 18.2 Å². The fourth-order valence-electron chi connectivity index (χ4n) is 2.30. The van der Waals surface area contributed by atoms with Gasteiger partial charge in [0.2, 0.25) is 0 Å². The second kappa shape index (κ2) is 5.21. The minimum atomic E-state index is -0.774. The van der Waals surface area contributed by atoms with Crippen LogP contribution in [0.3, 0.4) is 0 Å². The van der Waals surface area contributed by atoms with Crippen LogP contribution in [0.5, 0.6) is 5.75 Å². The highest BCUT2D eigenvalue weighted by molar-refractivity contribution is 5.76. The van der Waals surface area contributed by atoms with Crippen LogP contribution in [0.25, 0.3) is 0 Å². The van der Waals surface area contributed by atoms with Crippen LogP contribution in [-0.2, 0) is 4.79 Å². The number of rotatable bonds is 4. The van der Waals surface area contributed by atoms with Crippen molar-refractivity contribution in [2.24, 2.45) is 5.92 Å². The maximum Gasteiger partial charge on any atom is 0.311 e. The number of aliphatic carboxylic acids is 1. The number of methoxy groups -OCH3 is 1. The van der Waals surface area contributed by atoms with E-state index in [1.807, 2.05) is 39.8 Å². The van der Waals surface area contributed by atoms with Gasteiger partial charge in [0.05, 0.1) is 13.0 Å². The van der Waals surface area contributed by atoms with E-state index in [1.54, 1.807) is 7.11 Å². The molecule has 0 aliphatic rings. The van der Waals surface area contributed by atoms with Crippen molar-refractivity contribution in [3.8, 4) is 5.75 Å². The molecule has 0 saturated heterocycles. The Labute approximate surface area is 102 Å². The molecule has 0 spiro atoms. The van der Waals surface area contributed by atoms with Crippen LogP contribution in [0, 0.1) is 19.8 Å². The summed E-state index contributed by atoms with van der Waals surface area (Å²) in [6, 6.07) is 3.81. The fraction of sp³-hybridized carbons (Fsp3) is 0.500. The second-order valence-corrected chi connectivity index (χ2v) is 4.75. The predicted octanol–water partition coefficient (Wildman–Crippen LogP) is 3.14. The number of carboxylic acids is 1. The summed E-state index contributed by atoms with van der Waals surface area (Å²) in [7, 11) is 1.63. The van der Waals surface area contributed by atoms with E-state index in [0.29, 0.717) is 0 Å². The van der Waals surface area contributed by atoms with E-state index in [9.17, 15) is 9.90 Å². The van der Waals surface area contributed by atoms with Gasteiger partial charge in [-0.3, -0.25) is 4.79 Å². The zero-order valence-corrected chi connectivity index (χ0v) is 11.1. The Hall–Kier alpha value is -1.51. The molecule has 17 heavy (non-hydrogen) atoms. The Bertz CT molecular complexity index is 398. The molecule has 1 atom stereocenters. The molecular formula is C14H20O3. The standard InChI is InChI=1S/C14H20O3/c1-8(2)12(14(15)16)11-6-9(3)13(17-5)10(4)7-11/h6-8,12H,1-5H3,(H,15,16). The van der Waals surface area contributed by atoms with Crippen LogP contribution in [0.15, 0.2) is 12.1 Å². The molecule has 0 radical (unpaired) electrons. The molecule has 1 aromatic rings. The van der Waals surface area contributed by atoms with Crippen molar-refractivity contribution >= 4 is 5.97 Å². The number of benzene rings is 1. The first-order chi connectivity index (χ1) is 7.88. The van der Waals surface area contributed by atoms with Gasteiger partial charge in [-0.25, -0.2) is 0 Å². The highest BCUT2D eigenvalue weighted by Crippen LogP contribution is 2.31. The molecule has 3 nitrogen and oxygen atoms in total. The molecule has 0 fully saturated rings. The van der Waals surface area contributed by atoms with Gasteiger partial charge in [-0.15, -0.1) is 0 Å². The molecule has 0 aliphatic heterocycles. The summed E-state index contributed by atoms with van der Waals surface area (Å²) < 4.78 is 5.28. The number of ether oxygens (including phenoxy) is 1. The predicted molar refractivity (Wildman–Crippen MR) is 67.7 cm³/mol. The van der Waals surface area contributed by atoms with Crippen molar-refractivity contribution < 1.29 is 14.6 Å². The number of hydrogen-bond acceptors (Lipinski definition) is 2. The molecule has 0 heterocycles. The van der Waals surface area contributed by atoms with Crippen molar-refractivity contribution in [1.29, 1.82) is 0 Å². The van der Waals surface area contributed by atoms with E-state index in [1.165, 1.54) is 0 Å². The van der Waals surface area contributed by atoms with Gasteiger partial charge in [-0.05, 0) is 36.5 Å². The third kappa shape index (κ3) is 2.78. The molecule has 0 amide bonds. The smallest absolute Gasteiger partial charge is 0.311 e.